The summed E-state index contributed by atoms with van der Waals surface area (Å²) in [6.07, 6.45) is 7.60. The molecule has 4 nitrogen and oxygen atoms in total. The van der Waals surface area contributed by atoms with Gasteiger partial charge in [0.05, 0.1) is 17.6 Å². The van der Waals surface area contributed by atoms with E-state index >= 15 is 0 Å². The molecule has 0 spiro atoms. The fourth-order valence-electron chi connectivity index (χ4n) is 4.53. The number of ether oxygens (including phenoxy) is 1. The van der Waals surface area contributed by atoms with Gasteiger partial charge in [0, 0.05) is 11.9 Å². The largest absolute Gasteiger partial charge is 3.00 e. The number of pyridine rings is 1. The minimum absolute atomic E-state index is 0. The van der Waals surface area contributed by atoms with Gasteiger partial charge in [-0.2, -0.15) is 12.1 Å². The number of aromatic nitrogens is 3. The second-order valence-electron chi connectivity index (χ2n) is 8.71. The first-order chi connectivity index (χ1) is 17.8. The predicted octanol–water partition coefficient (Wildman–Crippen LogP) is 7.12. The van der Waals surface area contributed by atoms with E-state index in [9.17, 15) is 0 Å². The van der Waals surface area contributed by atoms with Gasteiger partial charge in [-0.15, -0.1) is 47.3 Å². The molecular formula is C32H25IrN3O+. The summed E-state index contributed by atoms with van der Waals surface area (Å²) in [4.78, 5) is 4.22. The van der Waals surface area contributed by atoms with Crippen LogP contribution in [-0.2, 0) is 26.7 Å². The van der Waals surface area contributed by atoms with Gasteiger partial charge in [0.1, 0.15) is 5.75 Å². The van der Waals surface area contributed by atoms with E-state index in [0.29, 0.717) is 0 Å². The maximum absolute atomic E-state index is 6.30. The van der Waals surface area contributed by atoms with Crippen molar-refractivity contribution in [1.82, 2.24) is 9.55 Å². The van der Waals surface area contributed by atoms with Gasteiger partial charge in [-0.3, -0.25) is 0 Å². The van der Waals surface area contributed by atoms with Crippen molar-refractivity contribution in [3.05, 3.63) is 116 Å². The summed E-state index contributed by atoms with van der Waals surface area (Å²) >= 11 is 0. The topological polar surface area (TPSA) is 30.9 Å². The van der Waals surface area contributed by atoms with Gasteiger partial charge in [0.2, 0.25) is 6.33 Å². The number of imidazole rings is 1. The second-order valence-corrected chi connectivity index (χ2v) is 8.71. The molecule has 0 atom stereocenters. The summed E-state index contributed by atoms with van der Waals surface area (Å²) < 4.78 is 10.6. The zero-order chi connectivity index (χ0) is 24.3. The van der Waals surface area contributed by atoms with Crippen LogP contribution in [0.1, 0.15) is 19.8 Å². The van der Waals surface area contributed by atoms with Crippen LogP contribution in [0.15, 0.2) is 97.2 Å². The Labute approximate surface area is 230 Å². The van der Waals surface area contributed by atoms with Crippen LogP contribution in [0, 0.1) is 18.5 Å². The average Bonchev–Trinajstić information content (AvgIpc) is 3.33. The number of hydrogen-bond donors (Lipinski definition) is 0. The van der Waals surface area contributed by atoms with Gasteiger partial charge in [-0.25, -0.2) is 0 Å². The quantitative estimate of drug-likeness (QED) is 0.149. The van der Waals surface area contributed by atoms with E-state index < -0.39 is 0 Å². The molecule has 6 aromatic rings. The van der Waals surface area contributed by atoms with Gasteiger partial charge >= 0.3 is 20.1 Å². The summed E-state index contributed by atoms with van der Waals surface area (Å²) in [5, 5.41) is 2.24. The molecule has 3 heterocycles. The Kier molecular flexibility index (Phi) is 7.45. The number of fused-ring (bicyclic) bond motifs is 4. The van der Waals surface area contributed by atoms with Gasteiger partial charge in [0.25, 0.3) is 0 Å². The number of unbranched alkanes of at least 4 members (excludes halogenated alkanes) is 1. The van der Waals surface area contributed by atoms with Crippen molar-refractivity contribution in [1.29, 1.82) is 0 Å². The Bertz CT molecular complexity index is 1610. The average molecular weight is 660 g/mol. The third-order valence-electron chi connectivity index (χ3n) is 6.32. The van der Waals surface area contributed by atoms with Crippen LogP contribution >= 0.6 is 0 Å². The van der Waals surface area contributed by atoms with E-state index in [4.69, 9.17) is 4.74 Å². The van der Waals surface area contributed by atoms with Crippen molar-refractivity contribution in [3.63, 3.8) is 0 Å². The first kappa shape index (κ1) is 24.9. The molecular weight excluding hydrogens is 635 g/mol. The zero-order valence-electron chi connectivity index (χ0n) is 20.4. The maximum Gasteiger partial charge on any atom is 3.00 e. The number of benzene rings is 4. The molecule has 37 heavy (non-hydrogen) atoms. The maximum atomic E-state index is 6.30. The summed E-state index contributed by atoms with van der Waals surface area (Å²) in [5.41, 5.74) is 5.18. The van der Waals surface area contributed by atoms with Crippen LogP contribution in [0.25, 0.3) is 38.8 Å². The number of aryl methyl sites for hydroxylation is 1. The minimum Gasteiger partial charge on any atom is -0.526 e. The van der Waals surface area contributed by atoms with E-state index in [0.717, 1.165) is 69.6 Å². The Hall–Kier alpha value is -3.79. The molecule has 0 fully saturated rings. The summed E-state index contributed by atoms with van der Waals surface area (Å²) in [6.45, 7) is 3.17. The number of para-hydroxylation sites is 1. The molecule has 2 aromatic heterocycles. The second kappa shape index (κ2) is 11.1. The normalized spacial score (nSPS) is 11.2. The monoisotopic (exact) mass is 660 g/mol. The van der Waals surface area contributed by atoms with Crippen LogP contribution in [0.3, 0.4) is 0 Å². The standard InChI is InChI=1S/C21H17N2O.C11H8N.Ir/c1-2-3-13-22-14-23-18-12-11-15-7-4-5-8-16(15)21(18)24-19-10-6-9-17(22)20(19)23;1-2-6-10(7-3-1)11-8-4-5-9-12-11;/h4-11H,2-3,13H2,1H3;1-6,8-9H;/q2*-1;+3. The Morgan fingerprint density at radius 1 is 0.919 bits per heavy atom. The third kappa shape index (κ3) is 4.81. The Balaban J connectivity index is 0.000000183. The Morgan fingerprint density at radius 3 is 2.59 bits per heavy atom. The molecule has 4 aromatic carbocycles. The van der Waals surface area contributed by atoms with E-state index in [-0.39, 0.29) is 20.1 Å². The van der Waals surface area contributed by atoms with E-state index in [1.54, 1.807) is 6.20 Å². The number of rotatable bonds is 4. The fraction of sp³-hybridized carbons (Fsp3) is 0.125. The van der Waals surface area contributed by atoms with Gasteiger partial charge in [0.15, 0.2) is 0 Å². The minimum atomic E-state index is 0. The first-order valence-electron chi connectivity index (χ1n) is 12.3. The molecule has 1 aliphatic heterocycles. The van der Waals surface area contributed by atoms with Crippen LogP contribution in [-0.4, -0.2) is 9.55 Å². The molecule has 0 saturated heterocycles. The predicted molar refractivity (Wildman–Crippen MR) is 142 cm³/mol. The van der Waals surface area contributed by atoms with Crippen LogP contribution in [0.2, 0.25) is 0 Å². The summed E-state index contributed by atoms with van der Waals surface area (Å²) in [7, 11) is 0. The van der Waals surface area contributed by atoms with Gasteiger partial charge in [-0.1, -0.05) is 61.2 Å². The molecule has 0 N–H and O–H groups in total. The van der Waals surface area contributed by atoms with Gasteiger partial charge < -0.3 is 18.9 Å². The molecule has 0 saturated carbocycles. The van der Waals surface area contributed by atoms with Gasteiger partial charge in [-0.05, 0) is 29.9 Å². The molecule has 0 unspecified atom stereocenters. The van der Waals surface area contributed by atoms with E-state index in [2.05, 4.69) is 63.8 Å². The van der Waals surface area contributed by atoms with Crippen molar-refractivity contribution in [2.24, 2.45) is 0 Å². The molecule has 5 heteroatoms. The molecule has 1 aliphatic rings. The summed E-state index contributed by atoms with van der Waals surface area (Å²) in [5.74, 6) is 1.75. The molecule has 0 radical (unpaired) electrons. The van der Waals surface area contributed by atoms with E-state index in [1.807, 2.05) is 66.7 Å². The van der Waals surface area contributed by atoms with Crippen molar-refractivity contribution in [2.45, 2.75) is 26.3 Å². The van der Waals surface area contributed by atoms with Crippen molar-refractivity contribution in [2.75, 3.05) is 0 Å². The Morgan fingerprint density at radius 2 is 1.78 bits per heavy atom. The summed E-state index contributed by atoms with van der Waals surface area (Å²) in [6, 6.07) is 36.7. The van der Waals surface area contributed by atoms with Crippen LogP contribution < -0.4 is 9.30 Å². The first-order valence-corrected chi connectivity index (χ1v) is 12.3. The van der Waals surface area contributed by atoms with Crippen molar-refractivity contribution in [3.8, 4) is 28.4 Å². The molecule has 0 amide bonds. The zero-order valence-corrected chi connectivity index (χ0v) is 22.8. The van der Waals surface area contributed by atoms with Crippen LogP contribution in [0.4, 0.5) is 0 Å². The molecule has 7 rings (SSSR count). The van der Waals surface area contributed by atoms with E-state index in [1.165, 1.54) is 0 Å². The smallest absolute Gasteiger partial charge is 0.526 e. The van der Waals surface area contributed by atoms with Crippen LogP contribution in [0.5, 0.6) is 11.5 Å². The molecule has 0 bridgehead atoms. The SMILES string of the molecule is CCCCn1[c-][n+]2c3c(cccc31)Oc1c-2[c-]cc2ccccc12.[Ir+3].[c-]1ccccc1-c1ccccn1. The number of hydrogen-bond acceptors (Lipinski definition) is 2. The van der Waals surface area contributed by atoms with Crippen molar-refractivity contribution >= 4 is 21.8 Å². The third-order valence-corrected chi connectivity index (χ3v) is 6.32. The van der Waals surface area contributed by atoms with Crippen molar-refractivity contribution < 1.29 is 29.4 Å². The fourth-order valence-corrected chi connectivity index (χ4v) is 4.53. The molecule has 182 valence electrons. The number of nitrogens with zero attached hydrogens (tertiary/aromatic N) is 3. The molecule has 0 aliphatic carbocycles.